The highest BCUT2D eigenvalue weighted by molar-refractivity contribution is 7.20. The number of hydrogen-bond acceptors (Lipinski definition) is 4. The van der Waals surface area contributed by atoms with Crippen molar-refractivity contribution in [1.82, 2.24) is 4.98 Å². The van der Waals surface area contributed by atoms with Gasteiger partial charge in [0, 0.05) is 16.8 Å². The molecule has 2 rings (SSSR count). The maximum atomic E-state index is 11.2. The minimum absolute atomic E-state index is 0.421. The normalized spacial score (nSPS) is 10.9. The molecule has 16 heavy (non-hydrogen) atoms. The van der Waals surface area contributed by atoms with Crippen LogP contribution < -0.4 is 11.5 Å². The smallest absolute Gasteiger partial charge is 0.259 e. The first kappa shape index (κ1) is 10.9. The molecule has 4 nitrogen and oxygen atoms in total. The monoisotopic (exact) mass is 235 g/mol. The van der Waals surface area contributed by atoms with Crippen LogP contribution in [-0.4, -0.2) is 10.9 Å². The van der Waals surface area contributed by atoms with Crippen molar-refractivity contribution in [2.24, 2.45) is 5.73 Å². The van der Waals surface area contributed by atoms with Crippen LogP contribution in [0.2, 0.25) is 0 Å². The van der Waals surface area contributed by atoms with E-state index in [1.54, 1.807) is 0 Å². The number of aryl methyl sites for hydroxylation is 2. The van der Waals surface area contributed by atoms with Gasteiger partial charge in [0.1, 0.15) is 4.83 Å². The van der Waals surface area contributed by atoms with Crippen molar-refractivity contribution in [2.75, 3.05) is 5.73 Å². The van der Waals surface area contributed by atoms with Gasteiger partial charge in [-0.05, 0) is 31.9 Å². The summed E-state index contributed by atoms with van der Waals surface area (Å²) in [5.41, 5.74) is 14.7. The summed E-state index contributed by atoms with van der Waals surface area (Å²) in [4.78, 5) is 17.0. The minimum atomic E-state index is -0.421. The lowest BCUT2D eigenvalue weighted by Gasteiger charge is -2.05. The fraction of sp³-hybridized carbons (Fsp3) is 0.273. The van der Waals surface area contributed by atoms with Gasteiger partial charge in [-0.15, -0.1) is 11.3 Å². The Morgan fingerprint density at radius 2 is 1.88 bits per heavy atom. The van der Waals surface area contributed by atoms with Crippen molar-refractivity contribution >= 4 is 33.1 Å². The highest BCUT2D eigenvalue weighted by atomic mass is 32.1. The molecule has 0 aliphatic heterocycles. The molecule has 0 aliphatic carbocycles. The van der Waals surface area contributed by atoms with E-state index in [0.717, 1.165) is 27.0 Å². The van der Waals surface area contributed by atoms with Crippen LogP contribution in [0.1, 0.15) is 26.5 Å². The number of anilines is 1. The molecule has 1 amide bonds. The maximum Gasteiger partial charge on any atom is 0.259 e. The molecule has 0 unspecified atom stereocenters. The van der Waals surface area contributed by atoms with Gasteiger partial charge in [0.25, 0.3) is 5.91 Å². The topological polar surface area (TPSA) is 82.0 Å². The van der Waals surface area contributed by atoms with Crippen LogP contribution in [0.25, 0.3) is 10.2 Å². The summed E-state index contributed by atoms with van der Waals surface area (Å²) in [7, 11) is 0. The van der Waals surface area contributed by atoms with Gasteiger partial charge in [-0.1, -0.05) is 0 Å². The molecule has 0 radical (unpaired) electrons. The largest absolute Gasteiger partial charge is 0.398 e. The molecule has 5 heteroatoms. The molecule has 0 aliphatic rings. The Bertz CT molecular complexity index is 601. The fourth-order valence-electron chi connectivity index (χ4n) is 1.75. The van der Waals surface area contributed by atoms with Gasteiger partial charge in [-0.2, -0.15) is 0 Å². The van der Waals surface area contributed by atoms with Crippen molar-refractivity contribution in [3.8, 4) is 0 Å². The second-order valence-electron chi connectivity index (χ2n) is 3.84. The Morgan fingerprint density at radius 1 is 1.25 bits per heavy atom. The first-order valence-corrected chi connectivity index (χ1v) is 5.70. The number of nitrogen functional groups attached to an aromatic ring is 1. The third-order valence-corrected chi connectivity index (χ3v) is 4.04. The summed E-state index contributed by atoms with van der Waals surface area (Å²) in [6, 6.07) is 0. The molecule has 0 aromatic carbocycles. The lowest BCUT2D eigenvalue weighted by molar-refractivity contribution is 0.100. The van der Waals surface area contributed by atoms with E-state index in [-0.39, 0.29) is 0 Å². The van der Waals surface area contributed by atoms with E-state index in [9.17, 15) is 4.79 Å². The summed E-state index contributed by atoms with van der Waals surface area (Å²) in [6.45, 7) is 5.69. The zero-order valence-corrected chi connectivity index (χ0v) is 10.2. The SMILES string of the molecule is Cc1nc2sc(C(N)=O)c(C)c2c(N)c1C. The molecule has 4 N–H and O–H groups in total. The Labute approximate surface area is 97.3 Å². The number of thiophene rings is 1. The number of aromatic nitrogens is 1. The molecule has 0 spiro atoms. The van der Waals surface area contributed by atoms with Crippen LogP contribution in [-0.2, 0) is 0 Å². The summed E-state index contributed by atoms with van der Waals surface area (Å²) in [5, 5.41) is 0.863. The number of fused-ring (bicyclic) bond motifs is 1. The van der Waals surface area contributed by atoms with E-state index < -0.39 is 5.91 Å². The molecule has 2 aromatic heterocycles. The number of primary amides is 1. The molecule has 0 bridgehead atoms. The number of carbonyl (C=O) groups is 1. The summed E-state index contributed by atoms with van der Waals surface area (Å²) in [5.74, 6) is -0.421. The van der Waals surface area contributed by atoms with Crippen molar-refractivity contribution < 1.29 is 4.79 Å². The molecule has 0 saturated heterocycles. The van der Waals surface area contributed by atoms with Gasteiger partial charge in [-0.25, -0.2) is 4.98 Å². The quantitative estimate of drug-likeness (QED) is 0.792. The predicted molar refractivity (Wildman–Crippen MR) is 66.8 cm³/mol. The predicted octanol–water partition coefficient (Wildman–Crippen LogP) is 1.90. The fourth-order valence-corrected chi connectivity index (χ4v) is 2.84. The van der Waals surface area contributed by atoms with Gasteiger partial charge >= 0.3 is 0 Å². The van der Waals surface area contributed by atoms with Gasteiger partial charge in [0.15, 0.2) is 0 Å². The highest BCUT2D eigenvalue weighted by Gasteiger charge is 2.17. The van der Waals surface area contributed by atoms with Crippen LogP contribution in [0.5, 0.6) is 0 Å². The molecular formula is C11H13N3OS. The van der Waals surface area contributed by atoms with Crippen molar-refractivity contribution in [3.05, 3.63) is 21.7 Å². The molecule has 0 fully saturated rings. The second kappa shape index (κ2) is 3.45. The Hall–Kier alpha value is -1.62. The molecule has 84 valence electrons. The van der Waals surface area contributed by atoms with Crippen LogP contribution in [0.4, 0.5) is 5.69 Å². The molecule has 0 saturated carbocycles. The third-order valence-electron chi connectivity index (χ3n) is 2.84. The van der Waals surface area contributed by atoms with Gasteiger partial charge in [0.2, 0.25) is 0 Å². The molecular weight excluding hydrogens is 222 g/mol. The van der Waals surface area contributed by atoms with Crippen LogP contribution in [0, 0.1) is 20.8 Å². The number of rotatable bonds is 1. The third kappa shape index (κ3) is 1.36. The zero-order chi connectivity index (χ0) is 12.0. The average Bonchev–Trinajstić information content (AvgIpc) is 2.52. The number of hydrogen-bond donors (Lipinski definition) is 2. The second-order valence-corrected chi connectivity index (χ2v) is 4.84. The Kier molecular flexibility index (Phi) is 2.35. The first-order valence-electron chi connectivity index (χ1n) is 4.89. The molecule has 0 atom stereocenters. The van der Waals surface area contributed by atoms with E-state index in [0.29, 0.717) is 10.6 Å². The summed E-state index contributed by atoms with van der Waals surface area (Å²) < 4.78 is 0. The lowest BCUT2D eigenvalue weighted by atomic mass is 10.1. The standard InChI is InChI=1S/C11H13N3OS/c1-4-6(3)14-11-7(8(4)12)5(2)9(16-11)10(13)15/h1-3H3,(H2,12,14)(H2,13,15). The zero-order valence-electron chi connectivity index (χ0n) is 9.42. The number of amides is 1. The number of pyridine rings is 1. The number of carbonyl (C=O) groups excluding carboxylic acids is 1. The average molecular weight is 235 g/mol. The Morgan fingerprint density at radius 3 is 2.44 bits per heavy atom. The van der Waals surface area contributed by atoms with Gasteiger partial charge in [-0.3, -0.25) is 4.79 Å². The number of nitrogens with two attached hydrogens (primary N) is 2. The van der Waals surface area contributed by atoms with Gasteiger partial charge in [0.05, 0.1) is 4.88 Å². The van der Waals surface area contributed by atoms with E-state index in [1.165, 1.54) is 11.3 Å². The van der Waals surface area contributed by atoms with Gasteiger partial charge < -0.3 is 11.5 Å². The lowest BCUT2D eigenvalue weighted by Crippen LogP contribution is -2.09. The minimum Gasteiger partial charge on any atom is -0.398 e. The highest BCUT2D eigenvalue weighted by Crippen LogP contribution is 2.35. The molecule has 2 heterocycles. The van der Waals surface area contributed by atoms with E-state index in [2.05, 4.69) is 4.98 Å². The number of nitrogens with zero attached hydrogens (tertiary/aromatic N) is 1. The van der Waals surface area contributed by atoms with Crippen molar-refractivity contribution in [1.29, 1.82) is 0 Å². The van der Waals surface area contributed by atoms with Crippen molar-refractivity contribution in [3.63, 3.8) is 0 Å². The maximum absolute atomic E-state index is 11.2. The van der Waals surface area contributed by atoms with Crippen molar-refractivity contribution in [2.45, 2.75) is 20.8 Å². The van der Waals surface area contributed by atoms with E-state index >= 15 is 0 Å². The van der Waals surface area contributed by atoms with E-state index in [1.807, 2.05) is 20.8 Å². The molecule has 2 aromatic rings. The van der Waals surface area contributed by atoms with Crippen LogP contribution in [0.3, 0.4) is 0 Å². The first-order chi connectivity index (χ1) is 7.43. The summed E-state index contributed by atoms with van der Waals surface area (Å²) >= 11 is 1.30. The Balaban J connectivity index is 2.93. The van der Waals surface area contributed by atoms with E-state index in [4.69, 9.17) is 11.5 Å². The van der Waals surface area contributed by atoms with Crippen LogP contribution >= 0.6 is 11.3 Å². The van der Waals surface area contributed by atoms with Crippen LogP contribution in [0.15, 0.2) is 0 Å². The summed E-state index contributed by atoms with van der Waals surface area (Å²) in [6.07, 6.45) is 0.